The predicted octanol–water partition coefficient (Wildman–Crippen LogP) is 3.15. The number of hydrogen-bond donors (Lipinski definition) is 3. The first-order valence-electron chi connectivity index (χ1n) is 5.50. The Kier molecular flexibility index (Phi) is 4.08. The van der Waals surface area contributed by atoms with Gasteiger partial charge in [-0.2, -0.15) is 13.5 Å². The maximum Gasteiger partial charge on any atom is 0.298 e. The highest BCUT2D eigenvalue weighted by Gasteiger charge is 2.20. The lowest BCUT2D eigenvalue weighted by molar-refractivity contribution is 0.386. The molecule has 104 valence electrons. The number of anilines is 1. The van der Waals surface area contributed by atoms with Crippen LogP contribution < -0.4 is 5.48 Å². The summed E-state index contributed by atoms with van der Waals surface area (Å²) in [6.45, 7) is 0. The monoisotopic (exact) mass is 293 g/mol. The zero-order valence-corrected chi connectivity index (χ0v) is 10.9. The Morgan fingerprint density at radius 3 is 2.25 bits per heavy atom. The van der Waals surface area contributed by atoms with Crippen molar-refractivity contribution in [2.75, 3.05) is 5.48 Å². The zero-order valence-electron chi connectivity index (χ0n) is 10.1. The molecule has 0 fully saturated rings. The molecule has 0 bridgehead atoms. The van der Waals surface area contributed by atoms with Gasteiger partial charge in [0.15, 0.2) is 0 Å². The Hall–Kier alpha value is -2.29. The SMILES string of the molecule is O=S(=O)(O)c1c(N=Nc2ccccc2)cccc1NO. The number of nitrogens with zero attached hydrogens (tertiary/aromatic N) is 2. The summed E-state index contributed by atoms with van der Waals surface area (Å²) < 4.78 is 31.9. The zero-order chi connectivity index (χ0) is 14.6. The van der Waals surface area contributed by atoms with E-state index in [1.807, 2.05) is 0 Å². The van der Waals surface area contributed by atoms with E-state index in [-0.39, 0.29) is 11.4 Å². The van der Waals surface area contributed by atoms with Crippen molar-refractivity contribution in [2.24, 2.45) is 10.2 Å². The fraction of sp³-hybridized carbons (Fsp3) is 0. The molecule has 0 heterocycles. The molecule has 20 heavy (non-hydrogen) atoms. The van der Waals surface area contributed by atoms with E-state index >= 15 is 0 Å². The average molecular weight is 293 g/mol. The van der Waals surface area contributed by atoms with Crippen molar-refractivity contribution >= 4 is 27.2 Å². The smallest absolute Gasteiger partial charge is 0.291 e. The second kappa shape index (κ2) is 5.78. The fourth-order valence-corrected chi connectivity index (χ4v) is 2.33. The van der Waals surface area contributed by atoms with Gasteiger partial charge in [0, 0.05) is 0 Å². The standard InChI is InChI=1S/C12H11N3O4S/c16-15-11-8-4-7-10(12(11)20(17,18)19)14-13-9-5-2-1-3-6-9/h1-8,15-16H,(H,17,18,19). The number of azo groups is 1. The molecule has 0 radical (unpaired) electrons. The minimum atomic E-state index is -4.56. The maximum atomic E-state index is 11.3. The van der Waals surface area contributed by atoms with Gasteiger partial charge in [-0.3, -0.25) is 15.2 Å². The molecule has 0 amide bonds. The van der Waals surface area contributed by atoms with Gasteiger partial charge in [0.05, 0.1) is 11.4 Å². The van der Waals surface area contributed by atoms with E-state index in [2.05, 4.69) is 10.2 Å². The molecule has 0 aliphatic carbocycles. The summed E-state index contributed by atoms with van der Waals surface area (Å²) in [6.07, 6.45) is 0. The van der Waals surface area contributed by atoms with Crippen LogP contribution in [0.5, 0.6) is 0 Å². The van der Waals surface area contributed by atoms with Gasteiger partial charge in [-0.15, -0.1) is 5.11 Å². The largest absolute Gasteiger partial charge is 0.298 e. The van der Waals surface area contributed by atoms with Gasteiger partial charge in [0.25, 0.3) is 10.1 Å². The van der Waals surface area contributed by atoms with E-state index in [1.54, 1.807) is 35.8 Å². The molecule has 3 N–H and O–H groups in total. The number of hydrogen-bond acceptors (Lipinski definition) is 6. The molecule has 7 nitrogen and oxygen atoms in total. The summed E-state index contributed by atoms with van der Waals surface area (Å²) in [4.78, 5) is -0.540. The topological polar surface area (TPSA) is 111 Å². The van der Waals surface area contributed by atoms with Gasteiger partial charge in [-0.25, -0.2) is 0 Å². The highest BCUT2D eigenvalue weighted by atomic mass is 32.2. The molecule has 2 rings (SSSR count). The van der Waals surface area contributed by atoms with Crippen molar-refractivity contribution in [1.29, 1.82) is 0 Å². The van der Waals surface area contributed by atoms with Crippen LogP contribution in [0.3, 0.4) is 0 Å². The molecular weight excluding hydrogens is 282 g/mol. The molecule has 0 spiro atoms. The van der Waals surface area contributed by atoms with Gasteiger partial charge >= 0.3 is 0 Å². The molecule has 0 aliphatic rings. The van der Waals surface area contributed by atoms with Crippen LogP contribution in [-0.2, 0) is 10.1 Å². The van der Waals surface area contributed by atoms with Crippen LogP contribution in [0.15, 0.2) is 63.7 Å². The van der Waals surface area contributed by atoms with Crippen LogP contribution in [0.1, 0.15) is 0 Å². The van der Waals surface area contributed by atoms with Crippen LogP contribution >= 0.6 is 0 Å². The van der Waals surface area contributed by atoms with E-state index in [0.717, 1.165) is 0 Å². The van der Waals surface area contributed by atoms with E-state index in [0.29, 0.717) is 5.69 Å². The first-order valence-corrected chi connectivity index (χ1v) is 6.94. The van der Waals surface area contributed by atoms with Crippen LogP contribution in [0.25, 0.3) is 0 Å². The molecule has 2 aromatic carbocycles. The Morgan fingerprint density at radius 2 is 1.65 bits per heavy atom. The lowest BCUT2D eigenvalue weighted by Crippen LogP contribution is -2.03. The quantitative estimate of drug-likeness (QED) is 0.455. The van der Waals surface area contributed by atoms with Crippen molar-refractivity contribution in [3.63, 3.8) is 0 Å². The molecule has 8 heteroatoms. The first-order chi connectivity index (χ1) is 9.52. The van der Waals surface area contributed by atoms with E-state index < -0.39 is 15.0 Å². The Bertz CT molecular complexity index is 730. The summed E-state index contributed by atoms with van der Waals surface area (Å²) in [6, 6.07) is 12.8. The highest BCUT2D eigenvalue weighted by Crippen LogP contribution is 2.32. The third-order valence-corrected chi connectivity index (χ3v) is 3.35. The second-order valence-corrected chi connectivity index (χ2v) is 5.13. The maximum absolute atomic E-state index is 11.3. The molecular formula is C12H11N3O4S. The minimum Gasteiger partial charge on any atom is -0.291 e. The summed E-state index contributed by atoms with van der Waals surface area (Å²) in [5.41, 5.74) is 1.95. The normalized spacial score (nSPS) is 11.7. The number of nitrogens with one attached hydrogen (secondary N) is 1. The van der Waals surface area contributed by atoms with E-state index in [4.69, 9.17) is 5.21 Å². The van der Waals surface area contributed by atoms with Crippen molar-refractivity contribution in [1.82, 2.24) is 0 Å². The van der Waals surface area contributed by atoms with Crippen molar-refractivity contribution < 1.29 is 18.2 Å². The number of rotatable bonds is 4. The minimum absolute atomic E-state index is 0.0876. The predicted molar refractivity (Wildman–Crippen MR) is 72.3 cm³/mol. The summed E-state index contributed by atoms with van der Waals surface area (Å²) in [5.74, 6) is 0. The van der Waals surface area contributed by atoms with Crippen molar-refractivity contribution in [3.8, 4) is 0 Å². The molecule has 0 saturated heterocycles. The van der Waals surface area contributed by atoms with Crippen molar-refractivity contribution in [3.05, 3.63) is 48.5 Å². The fourth-order valence-electron chi connectivity index (χ4n) is 1.57. The number of benzene rings is 2. The highest BCUT2D eigenvalue weighted by molar-refractivity contribution is 7.86. The molecule has 2 aromatic rings. The molecule has 0 atom stereocenters. The van der Waals surface area contributed by atoms with Crippen LogP contribution in [0.2, 0.25) is 0 Å². The molecule has 0 aromatic heterocycles. The van der Waals surface area contributed by atoms with Gasteiger partial charge in [0.1, 0.15) is 10.6 Å². The Morgan fingerprint density at radius 1 is 0.950 bits per heavy atom. The third kappa shape index (κ3) is 3.18. The van der Waals surface area contributed by atoms with Crippen molar-refractivity contribution in [2.45, 2.75) is 4.90 Å². The Labute approximate surface area is 115 Å². The van der Waals surface area contributed by atoms with Crippen LogP contribution in [-0.4, -0.2) is 18.2 Å². The second-order valence-electron chi connectivity index (χ2n) is 3.78. The lowest BCUT2D eigenvalue weighted by atomic mass is 10.3. The Balaban J connectivity index is 2.50. The molecule has 0 aliphatic heterocycles. The summed E-state index contributed by atoms with van der Waals surface area (Å²) >= 11 is 0. The van der Waals surface area contributed by atoms with Gasteiger partial charge in [0.2, 0.25) is 0 Å². The van der Waals surface area contributed by atoms with E-state index in [9.17, 15) is 13.0 Å². The van der Waals surface area contributed by atoms with E-state index in [1.165, 1.54) is 18.2 Å². The third-order valence-electron chi connectivity index (χ3n) is 2.40. The summed E-state index contributed by atoms with van der Waals surface area (Å²) in [5, 5.41) is 16.5. The molecule has 0 saturated carbocycles. The van der Waals surface area contributed by atoms with Crippen LogP contribution in [0.4, 0.5) is 17.1 Å². The summed E-state index contributed by atoms with van der Waals surface area (Å²) in [7, 11) is -4.56. The van der Waals surface area contributed by atoms with Crippen LogP contribution in [0, 0.1) is 0 Å². The first kappa shape index (κ1) is 14.1. The van der Waals surface area contributed by atoms with Gasteiger partial charge in [-0.1, -0.05) is 24.3 Å². The van der Waals surface area contributed by atoms with Gasteiger partial charge in [-0.05, 0) is 24.3 Å². The van der Waals surface area contributed by atoms with Gasteiger partial charge < -0.3 is 0 Å². The molecule has 0 unspecified atom stereocenters. The lowest BCUT2D eigenvalue weighted by Gasteiger charge is -2.07. The average Bonchev–Trinajstić information content (AvgIpc) is 2.44.